The van der Waals surface area contributed by atoms with Gasteiger partial charge in [-0.3, -0.25) is 0 Å². The standard InChI is InChI=1S/C15H22FNO3S/c1-11-6-4-3-5-7-17(11)21(19,20)15-9-13(10-18)8-14(16)12(15)2/h8-9,11,18H,3-7,10H2,1-2H3. The van der Waals surface area contributed by atoms with Crippen molar-refractivity contribution in [1.82, 2.24) is 4.31 Å². The fourth-order valence-corrected chi connectivity index (χ4v) is 4.78. The maximum atomic E-state index is 13.9. The molecule has 118 valence electrons. The zero-order valence-corrected chi connectivity index (χ0v) is 13.3. The molecule has 6 heteroatoms. The summed E-state index contributed by atoms with van der Waals surface area (Å²) in [6.45, 7) is 3.44. The van der Waals surface area contributed by atoms with Gasteiger partial charge in [-0.2, -0.15) is 4.31 Å². The minimum Gasteiger partial charge on any atom is -0.392 e. The third-order valence-electron chi connectivity index (χ3n) is 4.12. The largest absolute Gasteiger partial charge is 0.392 e. The Morgan fingerprint density at radius 1 is 1.33 bits per heavy atom. The molecule has 0 radical (unpaired) electrons. The van der Waals surface area contributed by atoms with Crippen LogP contribution in [0.2, 0.25) is 0 Å². The fourth-order valence-electron chi connectivity index (χ4n) is 2.80. The second kappa shape index (κ2) is 6.42. The molecule has 1 atom stereocenters. The smallest absolute Gasteiger partial charge is 0.243 e. The summed E-state index contributed by atoms with van der Waals surface area (Å²) in [5.74, 6) is -0.595. The summed E-state index contributed by atoms with van der Waals surface area (Å²) in [7, 11) is -3.74. The summed E-state index contributed by atoms with van der Waals surface area (Å²) >= 11 is 0. The van der Waals surface area contributed by atoms with Crippen LogP contribution in [0.3, 0.4) is 0 Å². The van der Waals surface area contributed by atoms with E-state index in [1.807, 2.05) is 6.92 Å². The number of aliphatic hydroxyl groups is 1. The summed E-state index contributed by atoms with van der Waals surface area (Å²) in [5, 5.41) is 9.18. The van der Waals surface area contributed by atoms with E-state index in [9.17, 15) is 17.9 Å². The predicted octanol–water partition coefficient (Wildman–Crippen LogP) is 2.58. The van der Waals surface area contributed by atoms with Crippen molar-refractivity contribution >= 4 is 10.0 Å². The first-order valence-corrected chi connectivity index (χ1v) is 8.73. The van der Waals surface area contributed by atoms with Crippen molar-refractivity contribution in [3.05, 3.63) is 29.1 Å². The topological polar surface area (TPSA) is 57.6 Å². The highest BCUT2D eigenvalue weighted by Crippen LogP contribution is 2.28. The van der Waals surface area contributed by atoms with Crippen molar-refractivity contribution < 1.29 is 17.9 Å². The number of hydrogen-bond acceptors (Lipinski definition) is 3. The van der Waals surface area contributed by atoms with Gasteiger partial charge in [0.15, 0.2) is 0 Å². The van der Waals surface area contributed by atoms with Crippen molar-refractivity contribution in [3.8, 4) is 0 Å². The van der Waals surface area contributed by atoms with Crippen molar-refractivity contribution in [2.45, 2.75) is 57.1 Å². The zero-order chi connectivity index (χ0) is 15.6. The first-order chi connectivity index (χ1) is 9.87. The lowest BCUT2D eigenvalue weighted by Gasteiger charge is -2.27. The molecule has 1 saturated heterocycles. The summed E-state index contributed by atoms with van der Waals surface area (Å²) in [6.07, 6.45) is 3.67. The highest BCUT2D eigenvalue weighted by atomic mass is 32.2. The van der Waals surface area contributed by atoms with Crippen molar-refractivity contribution in [1.29, 1.82) is 0 Å². The van der Waals surface area contributed by atoms with E-state index >= 15 is 0 Å². The van der Waals surface area contributed by atoms with E-state index in [2.05, 4.69) is 0 Å². The van der Waals surface area contributed by atoms with E-state index in [1.165, 1.54) is 23.4 Å². The molecule has 1 aromatic rings. The Morgan fingerprint density at radius 3 is 2.71 bits per heavy atom. The molecule has 0 spiro atoms. The molecule has 1 aliphatic heterocycles. The highest BCUT2D eigenvalue weighted by Gasteiger charge is 2.32. The lowest BCUT2D eigenvalue weighted by Crippen LogP contribution is -2.38. The fraction of sp³-hybridized carbons (Fsp3) is 0.600. The maximum Gasteiger partial charge on any atom is 0.243 e. The molecule has 0 aliphatic carbocycles. The molecule has 1 aromatic carbocycles. The number of sulfonamides is 1. The number of aliphatic hydroxyl groups excluding tert-OH is 1. The zero-order valence-electron chi connectivity index (χ0n) is 12.5. The summed E-state index contributed by atoms with van der Waals surface area (Å²) in [4.78, 5) is -0.0275. The van der Waals surface area contributed by atoms with Crippen LogP contribution in [0, 0.1) is 12.7 Å². The number of hydrogen-bond donors (Lipinski definition) is 1. The van der Waals surface area contributed by atoms with Crippen LogP contribution in [-0.4, -0.2) is 30.4 Å². The van der Waals surface area contributed by atoms with Gasteiger partial charge in [-0.25, -0.2) is 12.8 Å². The molecule has 0 aromatic heterocycles. The Labute approximate surface area is 125 Å². The van der Waals surface area contributed by atoms with Gasteiger partial charge in [0.1, 0.15) is 5.82 Å². The van der Waals surface area contributed by atoms with E-state index < -0.39 is 15.8 Å². The quantitative estimate of drug-likeness (QED) is 0.932. The molecule has 1 N–H and O–H groups in total. The number of halogens is 1. The number of benzene rings is 1. The second-order valence-corrected chi connectivity index (χ2v) is 7.53. The van der Waals surface area contributed by atoms with E-state index in [-0.39, 0.29) is 28.7 Å². The van der Waals surface area contributed by atoms with Gasteiger partial charge in [0.25, 0.3) is 0 Å². The molecule has 4 nitrogen and oxygen atoms in total. The molecule has 0 saturated carbocycles. The van der Waals surface area contributed by atoms with E-state index in [0.29, 0.717) is 6.54 Å². The normalized spacial score (nSPS) is 21.2. The van der Waals surface area contributed by atoms with E-state index in [0.717, 1.165) is 25.7 Å². The summed E-state index contributed by atoms with van der Waals surface area (Å²) in [6, 6.07) is 2.48. The van der Waals surface area contributed by atoms with Crippen LogP contribution in [-0.2, 0) is 16.6 Å². The first-order valence-electron chi connectivity index (χ1n) is 7.29. The molecule has 21 heavy (non-hydrogen) atoms. The average Bonchev–Trinajstić information content (AvgIpc) is 2.66. The molecular formula is C15H22FNO3S. The van der Waals surface area contributed by atoms with Crippen LogP contribution in [0.5, 0.6) is 0 Å². The Balaban J connectivity index is 2.50. The molecular weight excluding hydrogens is 293 g/mol. The average molecular weight is 315 g/mol. The van der Waals surface area contributed by atoms with Gasteiger partial charge in [-0.15, -0.1) is 0 Å². The molecule has 1 fully saturated rings. The van der Waals surface area contributed by atoms with E-state index in [4.69, 9.17) is 0 Å². The minimum atomic E-state index is -3.74. The second-order valence-electron chi connectivity index (χ2n) is 5.67. The monoisotopic (exact) mass is 315 g/mol. The van der Waals surface area contributed by atoms with Crippen LogP contribution in [0.15, 0.2) is 17.0 Å². The van der Waals surface area contributed by atoms with Crippen LogP contribution in [0.1, 0.15) is 43.7 Å². The Kier molecular flexibility index (Phi) is 5.01. The van der Waals surface area contributed by atoms with Gasteiger partial charge in [-0.1, -0.05) is 12.8 Å². The van der Waals surface area contributed by atoms with Crippen LogP contribution in [0.25, 0.3) is 0 Å². The van der Waals surface area contributed by atoms with Gasteiger partial charge in [0.05, 0.1) is 11.5 Å². The predicted molar refractivity (Wildman–Crippen MR) is 78.9 cm³/mol. The number of nitrogens with zero attached hydrogens (tertiary/aromatic N) is 1. The Hall–Kier alpha value is -0.980. The van der Waals surface area contributed by atoms with Crippen molar-refractivity contribution in [2.75, 3.05) is 6.54 Å². The van der Waals surface area contributed by atoms with Crippen LogP contribution < -0.4 is 0 Å². The summed E-state index contributed by atoms with van der Waals surface area (Å²) < 4.78 is 41.1. The van der Waals surface area contributed by atoms with E-state index in [1.54, 1.807) is 0 Å². The van der Waals surface area contributed by atoms with Crippen LogP contribution in [0.4, 0.5) is 4.39 Å². The molecule has 2 rings (SSSR count). The Bertz CT molecular complexity index is 616. The highest BCUT2D eigenvalue weighted by molar-refractivity contribution is 7.89. The van der Waals surface area contributed by atoms with Gasteiger partial charge in [0.2, 0.25) is 10.0 Å². The molecule has 1 heterocycles. The maximum absolute atomic E-state index is 13.9. The van der Waals surface area contributed by atoms with Crippen LogP contribution >= 0.6 is 0 Å². The summed E-state index contributed by atoms with van der Waals surface area (Å²) in [5.41, 5.74) is 0.391. The molecule has 0 bridgehead atoms. The van der Waals surface area contributed by atoms with Gasteiger partial charge >= 0.3 is 0 Å². The lowest BCUT2D eigenvalue weighted by atomic mass is 10.1. The third-order valence-corrected chi connectivity index (χ3v) is 6.26. The molecule has 0 amide bonds. The van der Waals surface area contributed by atoms with Crippen molar-refractivity contribution in [3.63, 3.8) is 0 Å². The number of rotatable bonds is 3. The molecule has 1 aliphatic rings. The lowest BCUT2D eigenvalue weighted by molar-refractivity contribution is 0.280. The third kappa shape index (κ3) is 3.27. The molecule has 1 unspecified atom stereocenters. The SMILES string of the molecule is Cc1c(F)cc(CO)cc1S(=O)(=O)N1CCCCCC1C. The van der Waals surface area contributed by atoms with Gasteiger partial charge in [0, 0.05) is 18.2 Å². The van der Waals surface area contributed by atoms with Gasteiger partial charge < -0.3 is 5.11 Å². The minimum absolute atomic E-state index is 0.0275. The van der Waals surface area contributed by atoms with Gasteiger partial charge in [-0.05, 0) is 44.4 Å². The first kappa shape index (κ1) is 16.4. The Morgan fingerprint density at radius 2 is 2.05 bits per heavy atom. The van der Waals surface area contributed by atoms with Crippen molar-refractivity contribution in [2.24, 2.45) is 0 Å².